The standard InChI is InChI=1S/C19H20N2O3S2/c1-4-12(2)24-16(22)10-26-19-17-15(9-25-18(17)20-11-21-19)13-5-7-14(23-3)8-6-13/h5-9,11-12H,4,10H2,1-3H3/t12-/m1/s1. The van der Waals surface area contributed by atoms with Gasteiger partial charge in [-0.25, -0.2) is 9.97 Å². The van der Waals surface area contributed by atoms with Crippen molar-refractivity contribution in [3.63, 3.8) is 0 Å². The highest BCUT2D eigenvalue weighted by molar-refractivity contribution is 8.00. The summed E-state index contributed by atoms with van der Waals surface area (Å²) in [6.07, 6.45) is 2.28. The van der Waals surface area contributed by atoms with E-state index in [-0.39, 0.29) is 17.8 Å². The molecule has 0 aliphatic carbocycles. The van der Waals surface area contributed by atoms with Crippen molar-refractivity contribution < 1.29 is 14.3 Å². The van der Waals surface area contributed by atoms with E-state index >= 15 is 0 Å². The predicted molar refractivity (Wildman–Crippen MR) is 106 cm³/mol. The normalized spacial score (nSPS) is 12.1. The van der Waals surface area contributed by atoms with Gasteiger partial charge in [0.15, 0.2) is 0 Å². The Hall–Kier alpha value is -2.12. The van der Waals surface area contributed by atoms with Crippen molar-refractivity contribution in [3.8, 4) is 16.9 Å². The molecule has 0 saturated heterocycles. The Kier molecular flexibility index (Phi) is 6.11. The minimum Gasteiger partial charge on any atom is -0.497 e. The van der Waals surface area contributed by atoms with Crippen LogP contribution >= 0.6 is 23.1 Å². The minimum atomic E-state index is -0.225. The molecule has 7 heteroatoms. The van der Waals surface area contributed by atoms with Crippen LogP contribution in [0, 0.1) is 0 Å². The van der Waals surface area contributed by atoms with Gasteiger partial charge >= 0.3 is 5.97 Å². The van der Waals surface area contributed by atoms with Crippen molar-refractivity contribution >= 4 is 39.3 Å². The molecule has 3 aromatic rings. The minimum absolute atomic E-state index is 0.0653. The van der Waals surface area contributed by atoms with Gasteiger partial charge in [0.25, 0.3) is 0 Å². The van der Waals surface area contributed by atoms with Gasteiger partial charge < -0.3 is 9.47 Å². The smallest absolute Gasteiger partial charge is 0.316 e. The van der Waals surface area contributed by atoms with Gasteiger partial charge in [-0.2, -0.15) is 0 Å². The number of hydrogen-bond acceptors (Lipinski definition) is 7. The SMILES string of the molecule is CC[C@@H](C)OC(=O)CSc1ncnc2scc(-c3ccc(OC)cc3)c12. The summed E-state index contributed by atoms with van der Waals surface area (Å²) in [4.78, 5) is 21.7. The fourth-order valence-electron chi connectivity index (χ4n) is 2.41. The van der Waals surface area contributed by atoms with Crippen molar-refractivity contribution in [2.45, 2.75) is 31.4 Å². The van der Waals surface area contributed by atoms with Crippen molar-refractivity contribution in [1.29, 1.82) is 0 Å². The molecule has 0 spiro atoms. The van der Waals surface area contributed by atoms with Crippen LogP contribution < -0.4 is 4.74 Å². The van der Waals surface area contributed by atoms with Gasteiger partial charge in [0.1, 0.15) is 21.9 Å². The highest BCUT2D eigenvalue weighted by Crippen LogP contribution is 2.38. The van der Waals surface area contributed by atoms with Crippen LogP contribution in [0.25, 0.3) is 21.3 Å². The fraction of sp³-hybridized carbons (Fsp3) is 0.316. The molecule has 26 heavy (non-hydrogen) atoms. The topological polar surface area (TPSA) is 61.3 Å². The lowest BCUT2D eigenvalue weighted by atomic mass is 10.1. The number of nitrogens with zero attached hydrogens (tertiary/aromatic N) is 2. The lowest BCUT2D eigenvalue weighted by Gasteiger charge is -2.10. The van der Waals surface area contributed by atoms with Gasteiger partial charge in [-0.1, -0.05) is 30.8 Å². The van der Waals surface area contributed by atoms with Crippen molar-refractivity contribution in [1.82, 2.24) is 9.97 Å². The number of carbonyl (C=O) groups is 1. The highest BCUT2D eigenvalue weighted by Gasteiger charge is 2.16. The first-order valence-electron chi connectivity index (χ1n) is 8.31. The highest BCUT2D eigenvalue weighted by atomic mass is 32.2. The molecule has 1 aromatic carbocycles. The van der Waals surface area contributed by atoms with Gasteiger partial charge in [-0.3, -0.25) is 4.79 Å². The molecule has 136 valence electrons. The molecule has 0 aliphatic rings. The zero-order valence-electron chi connectivity index (χ0n) is 14.9. The number of benzene rings is 1. The Morgan fingerprint density at radius 3 is 2.73 bits per heavy atom. The van der Waals surface area contributed by atoms with E-state index in [4.69, 9.17) is 9.47 Å². The molecule has 0 radical (unpaired) electrons. The molecule has 0 N–H and O–H groups in total. The second kappa shape index (κ2) is 8.51. The first-order valence-corrected chi connectivity index (χ1v) is 10.2. The van der Waals surface area contributed by atoms with E-state index in [0.29, 0.717) is 0 Å². The van der Waals surface area contributed by atoms with Crippen LogP contribution in [-0.2, 0) is 9.53 Å². The molecule has 2 aromatic heterocycles. The molecule has 0 aliphatic heterocycles. The molecule has 0 unspecified atom stereocenters. The van der Waals surface area contributed by atoms with E-state index in [0.717, 1.165) is 38.5 Å². The molecule has 0 fully saturated rings. The summed E-state index contributed by atoms with van der Waals surface area (Å²) < 4.78 is 10.6. The molecule has 0 amide bonds. The molecule has 5 nitrogen and oxygen atoms in total. The third-order valence-corrected chi connectivity index (χ3v) is 5.82. The average molecular weight is 389 g/mol. The second-order valence-corrected chi connectivity index (χ2v) is 7.56. The quantitative estimate of drug-likeness (QED) is 0.329. The maximum atomic E-state index is 12.0. The molecule has 0 bridgehead atoms. The average Bonchev–Trinajstić information content (AvgIpc) is 3.11. The predicted octanol–water partition coefficient (Wildman–Crippen LogP) is 4.80. The summed E-state index contributed by atoms with van der Waals surface area (Å²) in [7, 11) is 1.65. The number of fused-ring (bicyclic) bond motifs is 1. The third-order valence-electron chi connectivity index (χ3n) is 3.97. The third kappa shape index (κ3) is 4.16. The van der Waals surface area contributed by atoms with Crippen LogP contribution in [-0.4, -0.2) is 34.9 Å². The molecular weight excluding hydrogens is 368 g/mol. The maximum Gasteiger partial charge on any atom is 0.316 e. The number of carbonyl (C=O) groups excluding carboxylic acids is 1. The van der Waals surface area contributed by atoms with Crippen LogP contribution in [0.1, 0.15) is 20.3 Å². The van der Waals surface area contributed by atoms with E-state index < -0.39 is 0 Å². The lowest BCUT2D eigenvalue weighted by Crippen LogP contribution is -2.15. The fourth-order valence-corrected chi connectivity index (χ4v) is 4.18. The van der Waals surface area contributed by atoms with Gasteiger partial charge in [-0.15, -0.1) is 11.3 Å². The van der Waals surface area contributed by atoms with Gasteiger partial charge in [0.2, 0.25) is 0 Å². The van der Waals surface area contributed by atoms with Crippen LogP contribution in [0.2, 0.25) is 0 Å². The van der Waals surface area contributed by atoms with Crippen LogP contribution in [0.15, 0.2) is 41.0 Å². The summed E-state index contributed by atoms with van der Waals surface area (Å²) in [6.45, 7) is 3.89. The van der Waals surface area contributed by atoms with Gasteiger partial charge in [0, 0.05) is 10.9 Å². The van der Waals surface area contributed by atoms with Gasteiger partial charge in [0.05, 0.1) is 24.4 Å². The van der Waals surface area contributed by atoms with E-state index in [1.54, 1.807) is 24.8 Å². The molecule has 2 heterocycles. The first kappa shape index (κ1) is 18.7. The Morgan fingerprint density at radius 1 is 1.27 bits per heavy atom. The molecule has 3 rings (SSSR count). The summed E-state index contributed by atoms with van der Waals surface area (Å²) in [5.74, 6) is 0.818. The largest absolute Gasteiger partial charge is 0.497 e. The van der Waals surface area contributed by atoms with Gasteiger partial charge in [-0.05, 0) is 31.0 Å². The first-order chi connectivity index (χ1) is 12.6. The Morgan fingerprint density at radius 2 is 2.04 bits per heavy atom. The lowest BCUT2D eigenvalue weighted by molar-refractivity contribution is -0.144. The number of aromatic nitrogens is 2. The Balaban J connectivity index is 1.86. The van der Waals surface area contributed by atoms with Crippen LogP contribution in [0.3, 0.4) is 0 Å². The van der Waals surface area contributed by atoms with E-state index in [1.807, 2.05) is 38.1 Å². The van der Waals surface area contributed by atoms with E-state index in [9.17, 15) is 4.79 Å². The van der Waals surface area contributed by atoms with E-state index in [2.05, 4.69) is 15.3 Å². The van der Waals surface area contributed by atoms with Crippen LogP contribution in [0.4, 0.5) is 0 Å². The second-order valence-electron chi connectivity index (χ2n) is 5.73. The number of methoxy groups -OCH3 is 1. The van der Waals surface area contributed by atoms with Crippen molar-refractivity contribution in [2.75, 3.05) is 12.9 Å². The van der Waals surface area contributed by atoms with Crippen LogP contribution in [0.5, 0.6) is 5.75 Å². The Bertz CT molecular complexity index is 893. The summed E-state index contributed by atoms with van der Waals surface area (Å²) in [6, 6.07) is 7.88. The zero-order valence-corrected chi connectivity index (χ0v) is 16.5. The van der Waals surface area contributed by atoms with E-state index in [1.165, 1.54) is 11.8 Å². The van der Waals surface area contributed by atoms with Crippen molar-refractivity contribution in [2.24, 2.45) is 0 Å². The summed E-state index contributed by atoms with van der Waals surface area (Å²) in [5, 5.41) is 3.84. The number of thioether (sulfide) groups is 1. The number of esters is 1. The number of rotatable bonds is 7. The molecule has 0 saturated carbocycles. The monoisotopic (exact) mass is 388 g/mol. The molecular formula is C19H20N2O3S2. The molecule has 1 atom stereocenters. The summed E-state index contributed by atoms with van der Waals surface area (Å²) in [5.41, 5.74) is 2.13. The maximum absolute atomic E-state index is 12.0. The number of ether oxygens (including phenoxy) is 2. The van der Waals surface area contributed by atoms with Crippen molar-refractivity contribution in [3.05, 3.63) is 36.0 Å². The zero-order chi connectivity index (χ0) is 18.5. The Labute approximate surface area is 160 Å². The summed E-state index contributed by atoms with van der Waals surface area (Å²) >= 11 is 2.96. The number of thiophene rings is 1. The number of hydrogen-bond donors (Lipinski definition) is 0.